The van der Waals surface area contributed by atoms with E-state index in [9.17, 15) is 9.59 Å². The minimum atomic E-state index is -0.302. The monoisotopic (exact) mass is 393 g/mol. The van der Waals surface area contributed by atoms with Crippen LogP contribution in [0.3, 0.4) is 0 Å². The second-order valence-corrected chi connectivity index (χ2v) is 8.12. The number of aromatic nitrogens is 1. The van der Waals surface area contributed by atoms with Crippen LogP contribution in [0.4, 0.5) is 11.4 Å². The lowest BCUT2D eigenvalue weighted by atomic mass is 10.1. The Balaban J connectivity index is 1.69. The molecule has 1 heterocycles. The quantitative estimate of drug-likeness (QED) is 0.603. The first kappa shape index (κ1) is 19.9. The zero-order chi connectivity index (χ0) is 20.3. The molecule has 0 radical (unpaired) electrons. The summed E-state index contributed by atoms with van der Waals surface area (Å²) in [5.41, 5.74) is 4.63. The number of nitrogens with zero attached hydrogens (tertiary/aromatic N) is 1. The third-order valence-electron chi connectivity index (χ3n) is 4.36. The number of carbonyl (C=O) groups is 2. The Hall–Kier alpha value is -2.86. The second-order valence-electron chi connectivity index (χ2n) is 6.76. The molecule has 0 spiro atoms. The molecule has 0 saturated carbocycles. The Kier molecular flexibility index (Phi) is 5.99. The van der Waals surface area contributed by atoms with Gasteiger partial charge in [-0.1, -0.05) is 30.0 Å². The molecule has 1 atom stereocenters. The highest BCUT2D eigenvalue weighted by atomic mass is 32.2. The maximum absolute atomic E-state index is 12.6. The molecule has 1 aromatic heterocycles. The molecule has 0 fully saturated rings. The number of carbonyl (C=O) groups excluding carboxylic acids is 2. The van der Waals surface area contributed by atoms with Crippen LogP contribution in [0.15, 0.2) is 53.6 Å². The maximum atomic E-state index is 12.6. The normalized spacial score (nSPS) is 11.9. The fourth-order valence-electron chi connectivity index (χ4n) is 2.91. The summed E-state index contributed by atoms with van der Waals surface area (Å²) in [5.74, 6) is -0.225. The average Bonchev–Trinajstić information content (AvgIpc) is 2.64. The van der Waals surface area contributed by atoms with Gasteiger partial charge in [0.05, 0.1) is 15.8 Å². The number of hydrogen-bond donors (Lipinski definition) is 2. The predicted octanol–water partition coefficient (Wildman–Crippen LogP) is 4.93. The number of aryl methyl sites for hydroxylation is 2. The highest BCUT2D eigenvalue weighted by Crippen LogP contribution is 2.28. The number of rotatable bonds is 5. The molecule has 0 aliphatic carbocycles. The van der Waals surface area contributed by atoms with Gasteiger partial charge in [0, 0.05) is 23.7 Å². The highest BCUT2D eigenvalue weighted by Gasteiger charge is 2.16. The topological polar surface area (TPSA) is 71.1 Å². The van der Waals surface area contributed by atoms with E-state index in [0.717, 1.165) is 27.1 Å². The van der Waals surface area contributed by atoms with E-state index < -0.39 is 0 Å². The van der Waals surface area contributed by atoms with Gasteiger partial charge in [-0.05, 0) is 62.2 Å². The molecule has 0 aliphatic rings. The smallest absolute Gasteiger partial charge is 0.237 e. The summed E-state index contributed by atoms with van der Waals surface area (Å²) in [5, 5.41) is 7.28. The van der Waals surface area contributed by atoms with Gasteiger partial charge in [-0.25, -0.2) is 4.98 Å². The number of pyridine rings is 1. The first-order valence-electron chi connectivity index (χ1n) is 9.05. The fraction of sp³-hybridized carbons (Fsp3) is 0.227. The van der Waals surface area contributed by atoms with Crippen molar-refractivity contribution in [3.8, 4) is 0 Å². The molecule has 0 bridgehead atoms. The van der Waals surface area contributed by atoms with Crippen molar-refractivity contribution in [1.29, 1.82) is 0 Å². The van der Waals surface area contributed by atoms with Crippen LogP contribution >= 0.6 is 11.8 Å². The van der Waals surface area contributed by atoms with Crippen molar-refractivity contribution in [1.82, 2.24) is 4.98 Å². The van der Waals surface area contributed by atoms with Gasteiger partial charge in [0.15, 0.2) is 0 Å². The minimum absolute atomic E-state index is 0.0957. The molecule has 5 nitrogen and oxygen atoms in total. The van der Waals surface area contributed by atoms with E-state index in [1.165, 1.54) is 18.7 Å². The predicted molar refractivity (Wildman–Crippen MR) is 116 cm³/mol. The van der Waals surface area contributed by atoms with Crippen LogP contribution in [0.1, 0.15) is 25.0 Å². The molecule has 6 heteroatoms. The van der Waals surface area contributed by atoms with Crippen LogP contribution in [-0.2, 0) is 9.59 Å². The minimum Gasteiger partial charge on any atom is -0.326 e. The molecular weight excluding hydrogens is 370 g/mol. The zero-order valence-corrected chi connectivity index (χ0v) is 17.2. The van der Waals surface area contributed by atoms with Crippen LogP contribution in [0.2, 0.25) is 0 Å². The van der Waals surface area contributed by atoms with Crippen LogP contribution < -0.4 is 10.6 Å². The highest BCUT2D eigenvalue weighted by molar-refractivity contribution is 8.00. The van der Waals surface area contributed by atoms with Crippen LogP contribution in [0.5, 0.6) is 0 Å². The number of amides is 2. The van der Waals surface area contributed by atoms with Gasteiger partial charge in [0.25, 0.3) is 0 Å². The Labute approximate surface area is 168 Å². The lowest BCUT2D eigenvalue weighted by Crippen LogP contribution is -2.22. The molecule has 3 rings (SSSR count). The third kappa shape index (κ3) is 4.70. The largest absolute Gasteiger partial charge is 0.326 e. The molecule has 0 unspecified atom stereocenters. The van der Waals surface area contributed by atoms with Gasteiger partial charge in [-0.3, -0.25) is 9.59 Å². The second kappa shape index (κ2) is 8.44. The van der Waals surface area contributed by atoms with Gasteiger partial charge in [-0.2, -0.15) is 0 Å². The van der Waals surface area contributed by atoms with E-state index in [-0.39, 0.29) is 17.1 Å². The van der Waals surface area contributed by atoms with E-state index in [4.69, 9.17) is 4.98 Å². The van der Waals surface area contributed by atoms with Crippen molar-refractivity contribution in [2.24, 2.45) is 0 Å². The van der Waals surface area contributed by atoms with Crippen LogP contribution in [0, 0.1) is 13.8 Å². The van der Waals surface area contributed by atoms with Gasteiger partial charge in [-0.15, -0.1) is 0 Å². The molecule has 2 N–H and O–H groups in total. The van der Waals surface area contributed by atoms with Gasteiger partial charge >= 0.3 is 0 Å². The Morgan fingerprint density at radius 1 is 0.964 bits per heavy atom. The van der Waals surface area contributed by atoms with E-state index in [2.05, 4.69) is 23.6 Å². The molecule has 0 saturated heterocycles. The summed E-state index contributed by atoms with van der Waals surface area (Å²) in [6.45, 7) is 7.43. The number of para-hydroxylation sites is 1. The van der Waals surface area contributed by atoms with Gasteiger partial charge in [0.1, 0.15) is 0 Å². The SMILES string of the molecule is CC(=O)Nc1ccc(NC(=O)[C@H](C)Sc2cc(C)c3cccc(C)c3n2)cc1. The third-order valence-corrected chi connectivity index (χ3v) is 5.38. The number of fused-ring (bicyclic) bond motifs is 1. The van der Waals surface area contributed by atoms with Crippen molar-refractivity contribution in [2.45, 2.75) is 38.0 Å². The summed E-state index contributed by atoms with van der Waals surface area (Å²) >= 11 is 1.44. The van der Waals surface area contributed by atoms with Crippen LogP contribution in [-0.4, -0.2) is 22.0 Å². The standard InChI is InChI=1S/C22H23N3O2S/c1-13-6-5-7-19-14(2)12-20(25-21(13)19)28-15(3)22(27)24-18-10-8-17(9-11-18)23-16(4)26/h5-12,15H,1-4H3,(H,23,26)(H,24,27)/t15-/m0/s1. The van der Waals surface area contributed by atoms with Gasteiger partial charge in [0.2, 0.25) is 11.8 Å². The molecule has 144 valence electrons. The average molecular weight is 394 g/mol. The zero-order valence-electron chi connectivity index (χ0n) is 16.4. The number of benzene rings is 2. The summed E-state index contributed by atoms with van der Waals surface area (Å²) in [6, 6.07) is 15.2. The summed E-state index contributed by atoms with van der Waals surface area (Å²) in [7, 11) is 0. The van der Waals surface area contributed by atoms with Gasteiger partial charge < -0.3 is 10.6 Å². The van der Waals surface area contributed by atoms with Crippen molar-refractivity contribution < 1.29 is 9.59 Å². The Morgan fingerprint density at radius 3 is 2.25 bits per heavy atom. The van der Waals surface area contributed by atoms with Crippen molar-refractivity contribution in [2.75, 3.05) is 10.6 Å². The number of nitrogens with one attached hydrogen (secondary N) is 2. The van der Waals surface area contributed by atoms with E-state index in [1.54, 1.807) is 24.3 Å². The summed E-state index contributed by atoms with van der Waals surface area (Å²) in [4.78, 5) is 28.4. The van der Waals surface area contributed by atoms with Crippen molar-refractivity contribution in [3.63, 3.8) is 0 Å². The Bertz CT molecular complexity index is 1030. The van der Waals surface area contributed by atoms with E-state index >= 15 is 0 Å². The lowest BCUT2D eigenvalue weighted by molar-refractivity contribution is -0.115. The molecule has 2 amide bonds. The molecule has 2 aromatic carbocycles. The number of thioether (sulfide) groups is 1. The lowest BCUT2D eigenvalue weighted by Gasteiger charge is -2.14. The molecular formula is C22H23N3O2S. The van der Waals surface area contributed by atoms with E-state index in [1.807, 2.05) is 32.0 Å². The van der Waals surface area contributed by atoms with Crippen LogP contribution in [0.25, 0.3) is 10.9 Å². The van der Waals surface area contributed by atoms with E-state index in [0.29, 0.717) is 11.4 Å². The van der Waals surface area contributed by atoms with Crippen molar-refractivity contribution >= 4 is 45.9 Å². The molecule has 0 aliphatic heterocycles. The fourth-order valence-corrected chi connectivity index (χ4v) is 3.83. The van der Waals surface area contributed by atoms with Crippen molar-refractivity contribution in [3.05, 3.63) is 59.7 Å². The summed E-state index contributed by atoms with van der Waals surface area (Å²) < 4.78 is 0. The molecule has 3 aromatic rings. The number of hydrogen-bond acceptors (Lipinski definition) is 4. The Morgan fingerprint density at radius 2 is 1.61 bits per heavy atom. The first-order chi connectivity index (χ1) is 13.3. The summed E-state index contributed by atoms with van der Waals surface area (Å²) in [6.07, 6.45) is 0. The molecule has 28 heavy (non-hydrogen) atoms. The number of anilines is 2. The maximum Gasteiger partial charge on any atom is 0.237 e. The first-order valence-corrected chi connectivity index (χ1v) is 9.93.